The van der Waals surface area contributed by atoms with Crippen molar-refractivity contribution < 1.29 is 0 Å². The molecule has 15 heavy (non-hydrogen) atoms. The van der Waals surface area contributed by atoms with E-state index in [1.165, 1.54) is 16.7 Å². The van der Waals surface area contributed by atoms with E-state index in [9.17, 15) is 0 Å². The van der Waals surface area contributed by atoms with Crippen molar-refractivity contribution in [3.8, 4) is 0 Å². The van der Waals surface area contributed by atoms with Crippen molar-refractivity contribution in [2.75, 3.05) is 6.54 Å². The smallest absolute Gasteiger partial charge is 0.00488 e. The highest BCUT2D eigenvalue weighted by atomic mass is 14.5. The fraction of sp³-hybridized carbons (Fsp3) is 0.571. The summed E-state index contributed by atoms with van der Waals surface area (Å²) in [7, 11) is 0. The highest BCUT2D eigenvalue weighted by Crippen LogP contribution is 2.18. The number of rotatable bonds is 4. The van der Waals surface area contributed by atoms with Crippen LogP contribution in [0.25, 0.3) is 0 Å². The molecule has 0 aliphatic rings. The number of hydrogen-bond acceptors (Lipinski definition) is 1. The van der Waals surface area contributed by atoms with E-state index in [4.69, 9.17) is 5.73 Å². The van der Waals surface area contributed by atoms with Gasteiger partial charge in [-0.2, -0.15) is 0 Å². The maximum Gasteiger partial charge on any atom is -0.00488 e. The van der Waals surface area contributed by atoms with Gasteiger partial charge in [0.05, 0.1) is 0 Å². The van der Waals surface area contributed by atoms with Gasteiger partial charge in [0.1, 0.15) is 0 Å². The average molecular weight is 205 g/mol. The van der Waals surface area contributed by atoms with Crippen molar-refractivity contribution in [1.29, 1.82) is 0 Å². The lowest BCUT2D eigenvalue weighted by atomic mass is 9.89. The van der Waals surface area contributed by atoms with E-state index in [2.05, 4.69) is 45.9 Å². The Kier molecular flexibility index (Phi) is 4.34. The zero-order chi connectivity index (χ0) is 11.4. The topological polar surface area (TPSA) is 26.0 Å². The predicted octanol–water partition coefficient (Wildman–Crippen LogP) is 3.08. The zero-order valence-corrected chi connectivity index (χ0v) is 10.4. The summed E-state index contributed by atoms with van der Waals surface area (Å²) in [5, 5.41) is 0. The molecule has 0 aromatic heterocycles. The van der Waals surface area contributed by atoms with Crippen molar-refractivity contribution >= 4 is 0 Å². The Morgan fingerprint density at radius 3 is 2.00 bits per heavy atom. The first kappa shape index (κ1) is 12.3. The Hall–Kier alpha value is -0.820. The first-order valence-electron chi connectivity index (χ1n) is 5.80. The highest BCUT2D eigenvalue weighted by molar-refractivity contribution is 5.28. The molecule has 84 valence electrons. The van der Waals surface area contributed by atoms with Gasteiger partial charge in [0.25, 0.3) is 0 Å². The van der Waals surface area contributed by atoms with E-state index in [1.54, 1.807) is 0 Å². The molecule has 0 aliphatic heterocycles. The fourth-order valence-electron chi connectivity index (χ4n) is 1.99. The lowest BCUT2D eigenvalue weighted by Crippen LogP contribution is -2.20. The maximum atomic E-state index is 5.69. The summed E-state index contributed by atoms with van der Waals surface area (Å²) in [5.74, 6) is 1.27. The summed E-state index contributed by atoms with van der Waals surface area (Å²) in [6, 6.07) is 6.79. The van der Waals surface area contributed by atoms with Crippen LogP contribution in [-0.4, -0.2) is 6.54 Å². The molecule has 0 heterocycles. The first-order valence-corrected chi connectivity index (χ1v) is 5.80. The van der Waals surface area contributed by atoms with Crippen LogP contribution in [0.1, 0.15) is 30.5 Å². The van der Waals surface area contributed by atoms with Crippen molar-refractivity contribution in [2.45, 2.75) is 34.1 Å². The molecule has 0 aliphatic carbocycles. The van der Waals surface area contributed by atoms with Crippen LogP contribution in [0, 0.1) is 25.7 Å². The summed E-state index contributed by atoms with van der Waals surface area (Å²) in [4.78, 5) is 0. The summed E-state index contributed by atoms with van der Waals surface area (Å²) in [5.41, 5.74) is 9.85. The van der Waals surface area contributed by atoms with E-state index >= 15 is 0 Å². The Bertz CT molecular complexity index is 297. The largest absolute Gasteiger partial charge is 0.330 e. The molecule has 0 saturated carbocycles. The van der Waals surface area contributed by atoms with Gasteiger partial charge in [-0.1, -0.05) is 43.2 Å². The predicted molar refractivity (Wildman–Crippen MR) is 67.0 cm³/mol. The monoisotopic (exact) mass is 205 g/mol. The summed E-state index contributed by atoms with van der Waals surface area (Å²) >= 11 is 0. The highest BCUT2D eigenvalue weighted by Gasteiger charge is 2.11. The summed E-state index contributed by atoms with van der Waals surface area (Å²) in [6.07, 6.45) is 1.14. The third kappa shape index (κ3) is 3.67. The second-order valence-electron chi connectivity index (χ2n) is 4.89. The van der Waals surface area contributed by atoms with Gasteiger partial charge in [0.2, 0.25) is 0 Å². The average Bonchev–Trinajstić information content (AvgIpc) is 2.14. The van der Waals surface area contributed by atoms with Gasteiger partial charge in [-0.3, -0.25) is 0 Å². The van der Waals surface area contributed by atoms with Crippen LogP contribution in [0.3, 0.4) is 0 Å². The molecule has 1 aromatic carbocycles. The number of hydrogen-bond donors (Lipinski definition) is 1. The maximum absolute atomic E-state index is 5.69. The van der Waals surface area contributed by atoms with Gasteiger partial charge >= 0.3 is 0 Å². The van der Waals surface area contributed by atoms with E-state index in [-0.39, 0.29) is 0 Å². The SMILES string of the molecule is Cc1cc(C)cc(CC(C)C(C)CN)c1. The molecule has 0 fully saturated rings. The Labute approximate surface area is 93.7 Å². The molecule has 2 unspecified atom stereocenters. The minimum atomic E-state index is 0.603. The molecule has 0 bridgehead atoms. The molecular weight excluding hydrogens is 182 g/mol. The summed E-state index contributed by atoms with van der Waals surface area (Å²) in [6.45, 7) is 9.62. The second kappa shape index (κ2) is 5.32. The standard InChI is InChI=1S/C14H23N/c1-10-5-11(2)7-14(6-10)8-12(3)13(4)9-15/h5-7,12-13H,8-9,15H2,1-4H3. The van der Waals surface area contributed by atoms with Gasteiger partial charge in [-0.25, -0.2) is 0 Å². The molecule has 1 heteroatoms. The van der Waals surface area contributed by atoms with Crippen LogP contribution in [0.5, 0.6) is 0 Å². The third-order valence-electron chi connectivity index (χ3n) is 3.18. The molecule has 0 amide bonds. The Morgan fingerprint density at radius 1 is 1.00 bits per heavy atom. The van der Waals surface area contributed by atoms with Gasteiger partial charge in [-0.05, 0) is 44.2 Å². The Balaban J connectivity index is 2.72. The molecule has 0 saturated heterocycles. The lowest BCUT2D eigenvalue weighted by molar-refractivity contribution is 0.394. The van der Waals surface area contributed by atoms with Crippen molar-refractivity contribution in [3.63, 3.8) is 0 Å². The van der Waals surface area contributed by atoms with Crippen LogP contribution in [0.4, 0.5) is 0 Å². The van der Waals surface area contributed by atoms with Crippen LogP contribution in [-0.2, 0) is 6.42 Å². The second-order valence-corrected chi connectivity index (χ2v) is 4.89. The van der Waals surface area contributed by atoms with Crippen molar-refractivity contribution in [2.24, 2.45) is 17.6 Å². The normalized spacial score (nSPS) is 15.0. The molecule has 2 N–H and O–H groups in total. The van der Waals surface area contributed by atoms with Gasteiger partial charge in [0, 0.05) is 0 Å². The molecule has 0 spiro atoms. The molecule has 1 rings (SSSR count). The molecule has 1 aromatic rings. The Morgan fingerprint density at radius 2 is 1.53 bits per heavy atom. The fourth-order valence-corrected chi connectivity index (χ4v) is 1.99. The van der Waals surface area contributed by atoms with Crippen molar-refractivity contribution in [1.82, 2.24) is 0 Å². The van der Waals surface area contributed by atoms with E-state index in [1.807, 2.05) is 0 Å². The molecule has 2 atom stereocenters. The number of benzene rings is 1. The third-order valence-corrected chi connectivity index (χ3v) is 3.18. The van der Waals surface area contributed by atoms with Crippen molar-refractivity contribution in [3.05, 3.63) is 34.9 Å². The van der Waals surface area contributed by atoms with Crippen LogP contribution in [0.15, 0.2) is 18.2 Å². The molecule has 1 nitrogen and oxygen atoms in total. The van der Waals surface area contributed by atoms with Gasteiger partial charge in [0.15, 0.2) is 0 Å². The van der Waals surface area contributed by atoms with E-state index < -0.39 is 0 Å². The molecule has 0 radical (unpaired) electrons. The lowest BCUT2D eigenvalue weighted by Gasteiger charge is -2.18. The quantitative estimate of drug-likeness (QED) is 0.803. The van der Waals surface area contributed by atoms with Crippen LogP contribution < -0.4 is 5.73 Å². The van der Waals surface area contributed by atoms with E-state index in [0.717, 1.165) is 13.0 Å². The van der Waals surface area contributed by atoms with Crippen LogP contribution in [0.2, 0.25) is 0 Å². The van der Waals surface area contributed by atoms with E-state index in [0.29, 0.717) is 11.8 Å². The molecular formula is C14H23N. The number of aryl methyl sites for hydroxylation is 2. The summed E-state index contributed by atoms with van der Waals surface area (Å²) < 4.78 is 0. The van der Waals surface area contributed by atoms with Gasteiger partial charge < -0.3 is 5.73 Å². The van der Waals surface area contributed by atoms with Gasteiger partial charge in [-0.15, -0.1) is 0 Å². The minimum absolute atomic E-state index is 0.603. The minimum Gasteiger partial charge on any atom is -0.330 e. The zero-order valence-electron chi connectivity index (χ0n) is 10.4. The first-order chi connectivity index (χ1) is 7.02. The number of nitrogens with two attached hydrogens (primary N) is 1. The van der Waals surface area contributed by atoms with Crippen LogP contribution >= 0.6 is 0 Å².